The predicted octanol–water partition coefficient (Wildman–Crippen LogP) is 1.98. The molecule has 0 atom stereocenters. The third-order valence-electron chi connectivity index (χ3n) is 3.94. The standard InChI is InChI=1S/C17H21ClN4O2.ClH/c18-14-3-1-13(2-4-14)17-21-15(12-24-17)11-16(23)20-7-10-22-8-5-19-6-9-22;/h1-4,12,19H,5-11H2,(H,20,23);1H. The lowest BCUT2D eigenvalue weighted by Crippen LogP contribution is -2.46. The Labute approximate surface area is 158 Å². The van der Waals surface area contributed by atoms with Gasteiger partial charge >= 0.3 is 0 Å². The number of amides is 1. The van der Waals surface area contributed by atoms with Gasteiger partial charge in [0.05, 0.1) is 12.1 Å². The summed E-state index contributed by atoms with van der Waals surface area (Å²) in [5, 5.41) is 6.91. The fourth-order valence-electron chi connectivity index (χ4n) is 2.63. The zero-order valence-corrected chi connectivity index (χ0v) is 15.4. The molecule has 1 saturated heterocycles. The maximum Gasteiger partial charge on any atom is 0.226 e. The van der Waals surface area contributed by atoms with Crippen molar-refractivity contribution in [2.45, 2.75) is 6.42 Å². The van der Waals surface area contributed by atoms with E-state index in [1.54, 1.807) is 12.1 Å². The molecule has 136 valence electrons. The molecule has 3 rings (SSSR count). The number of carbonyl (C=O) groups excluding carboxylic acids is 1. The first-order valence-corrected chi connectivity index (χ1v) is 8.48. The molecule has 0 aliphatic carbocycles. The van der Waals surface area contributed by atoms with E-state index in [0.717, 1.165) is 38.3 Å². The summed E-state index contributed by atoms with van der Waals surface area (Å²) in [6, 6.07) is 7.24. The summed E-state index contributed by atoms with van der Waals surface area (Å²) in [5.41, 5.74) is 1.46. The van der Waals surface area contributed by atoms with Crippen molar-refractivity contribution in [3.8, 4) is 11.5 Å². The van der Waals surface area contributed by atoms with Crippen LogP contribution in [0.15, 0.2) is 34.9 Å². The lowest BCUT2D eigenvalue weighted by molar-refractivity contribution is -0.120. The molecule has 2 N–H and O–H groups in total. The first kappa shape index (κ1) is 19.7. The number of nitrogens with zero attached hydrogens (tertiary/aromatic N) is 2. The van der Waals surface area contributed by atoms with Gasteiger partial charge in [-0.05, 0) is 24.3 Å². The van der Waals surface area contributed by atoms with E-state index in [4.69, 9.17) is 16.0 Å². The van der Waals surface area contributed by atoms with E-state index in [2.05, 4.69) is 20.5 Å². The Hall–Kier alpha value is -1.60. The number of carbonyl (C=O) groups is 1. The van der Waals surface area contributed by atoms with E-state index in [1.165, 1.54) is 6.26 Å². The van der Waals surface area contributed by atoms with Crippen LogP contribution in [0.3, 0.4) is 0 Å². The van der Waals surface area contributed by atoms with Gasteiger partial charge in [0.15, 0.2) is 0 Å². The largest absolute Gasteiger partial charge is 0.444 e. The van der Waals surface area contributed by atoms with E-state index < -0.39 is 0 Å². The normalized spacial score (nSPS) is 14.8. The maximum absolute atomic E-state index is 12.0. The van der Waals surface area contributed by atoms with Gasteiger partial charge in [0.2, 0.25) is 11.8 Å². The molecule has 0 spiro atoms. The highest BCUT2D eigenvalue weighted by molar-refractivity contribution is 6.30. The van der Waals surface area contributed by atoms with Crippen molar-refractivity contribution in [1.82, 2.24) is 20.5 Å². The van der Waals surface area contributed by atoms with Crippen LogP contribution in [0.1, 0.15) is 5.69 Å². The lowest BCUT2D eigenvalue weighted by atomic mass is 10.2. The smallest absolute Gasteiger partial charge is 0.226 e. The van der Waals surface area contributed by atoms with Gasteiger partial charge in [-0.3, -0.25) is 9.69 Å². The number of rotatable bonds is 6. The van der Waals surface area contributed by atoms with Gasteiger partial charge in [-0.1, -0.05) is 11.6 Å². The van der Waals surface area contributed by atoms with Crippen LogP contribution in [0, 0.1) is 0 Å². The Morgan fingerprint density at radius 3 is 2.72 bits per heavy atom. The molecule has 0 radical (unpaired) electrons. The molecule has 1 aromatic carbocycles. The van der Waals surface area contributed by atoms with Crippen LogP contribution in [0.2, 0.25) is 5.02 Å². The van der Waals surface area contributed by atoms with Crippen molar-refractivity contribution in [3.63, 3.8) is 0 Å². The number of piperazine rings is 1. The molecule has 1 fully saturated rings. The minimum atomic E-state index is -0.0407. The summed E-state index contributed by atoms with van der Waals surface area (Å²) < 4.78 is 5.44. The van der Waals surface area contributed by atoms with E-state index in [0.29, 0.717) is 23.2 Å². The molecule has 2 aromatic rings. The van der Waals surface area contributed by atoms with Crippen molar-refractivity contribution in [2.24, 2.45) is 0 Å². The highest BCUT2D eigenvalue weighted by Crippen LogP contribution is 2.20. The predicted molar refractivity (Wildman–Crippen MR) is 100 cm³/mol. The Kier molecular flexibility index (Phi) is 7.71. The minimum absolute atomic E-state index is 0. The molecule has 1 aliphatic rings. The third kappa shape index (κ3) is 6.01. The number of nitrogens with one attached hydrogen (secondary N) is 2. The van der Waals surface area contributed by atoms with Gasteiger partial charge in [-0.15, -0.1) is 12.4 Å². The highest BCUT2D eigenvalue weighted by atomic mass is 35.5. The number of oxazole rings is 1. The van der Waals surface area contributed by atoms with Gasteiger partial charge in [0.1, 0.15) is 6.26 Å². The van der Waals surface area contributed by atoms with E-state index in [1.807, 2.05) is 12.1 Å². The molecular weight excluding hydrogens is 363 g/mol. The lowest BCUT2D eigenvalue weighted by Gasteiger charge is -2.27. The summed E-state index contributed by atoms with van der Waals surface area (Å²) in [5.74, 6) is 0.455. The Morgan fingerprint density at radius 2 is 2.00 bits per heavy atom. The molecule has 1 amide bonds. The summed E-state index contributed by atoms with van der Waals surface area (Å²) in [6.45, 7) is 5.62. The quantitative estimate of drug-likeness (QED) is 0.796. The van der Waals surface area contributed by atoms with Crippen molar-refractivity contribution >= 4 is 29.9 Å². The fourth-order valence-corrected chi connectivity index (χ4v) is 2.75. The molecule has 1 aromatic heterocycles. The Morgan fingerprint density at radius 1 is 1.28 bits per heavy atom. The van der Waals surface area contributed by atoms with Crippen LogP contribution in [0.5, 0.6) is 0 Å². The van der Waals surface area contributed by atoms with Gasteiger partial charge in [0.25, 0.3) is 0 Å². The summed E-state index contributed by atoms with van der Waals surface area (Å²) >= 11 is 5.87. The molecule has 1 aliphatic heterocycles. The zero-order chi connectivity index (χ0) is 16.8. The second-order valence-corrected chi connectivity index (χ2v) is 6.21. The summed E-state index contributed by atoms with van der Waals surface area (Å²) in [6.07, 6.45) is 1.75. The van der Waals surface area contributed by atoms with Crippen molar-refractivity contribution < 1.29 is 9.21 Å². The molecule has 0 bridgehead atoms. The van der Waals surface area contributed by atoms with Gasteiger partial charge in [-0.2, -0.15) is 0 Å². The number of hydrogen-bond acceptors (Lipinski definition) is 5. The van der Waals surface area contributed by atoms with E-state index in [9.17, 15) is 4.79 Å². The number of aromatic nitrogens is 1. The second kappa shape index (κ2) is 9.77. The van der Waals surface area contributed by atoms with Crippen LogP contribution < -0.4 is 10.6 Å². The molecule has 2 heterocycles. The SMILES string of the molecule is Cl.O=C(Cc1coc(-c2ccc(Cl)cc2)n1)NCCN1CCNCC1. The van der Waals surface area contributed by atoms with Crippen molar-refractivity contribution in [3.05, 3.63) is 41.2 Å². The van der Waals surface area contributed by atoms with Crippen LogP contribution in [-0.2, 0) is 11.2 Å². The first-order chi connectivity index (χ1) is 11.7. The molecular formula is C17H22Cl2N4O2. The average molecular weight is 385 g/mol. The number of benzene rings is 1. The Balaban J connectivity index is 0.00000225. The van der Waals surface area contributed by atoms with Gasteiger partial charge < -0.3 is 15.1 Å². The molecule has 8 heteroatoms. The summed E-state index contributed by atoms with van der Waals surface area (Å²) in [4.78, 5) is 18.7. The highest BCUT2D eigenvalue weighted by Gasteiger charge is 2.12. The van der Waals surface area contributed by atoms with Crippen LogP contribution in [-0.4, -0.2) is 55.1 Å². The fraction of sp³-hybridized carbons (Fsp3) is 0.412. The van der Waals surface area contributed by atoms with Gasteiger partial charge in [0, 0.05) is 49.9 Å². The molecule has 0 saturated carbocycles. The Bertz CT molecular complexity index is 670. The second-order valence-electron chi connectivity index (χ2n) is 5.77. The molecule has 0 unspecified atom stereocenters. The minimum Gasteiger partial charge on any atom is -0.444 e. The summed E-state index contributed by atoms with van der Waals surface area (Å²) in [7, 11) is 0. The van der Waals surface area contributed by atoms with Crippen LogP contribution >= 0.6 is 24.0 Å². The average Bonchev–Trinajstić information content (AvgIpc) is 3.05. The monoisotopic (exact) mass is 384 g/mol. The van der Waals surface area contributed by atoms with Crippen LogP contribution in [0.4, 0.5) is 0 Å². The zero-order valence-electron chi connectivity index (χ0n) is 13.8. The number of halogens is 2. The van der Waals surface area contributed by atoms with Crippen LogP contribution in [0.25, 0.3) is 11.5 Å². The van der Waals surface area contributed by atoms with Gasteiger partial charge in [-0.25, -0.2) is 4.98 Å². The maximum atomic E-state index is 12.0. The van der Waals surface area contributed by atoms with Crippen molar-refractivity contribution in [2.75, 3.05) is 39.3 Å². The van der Waals surface area contributed by atoms with E-state index >= 15 is 0 Å². The molecule has 6 nitrogen and oxygen atoms in total. The first-order valence-electron chi connectivity index (χ1n) is 8.11. The number of hydrogen-bond donors (Lipinski definition) is 2. The van der Waals surface area contributed by atoms with Crippen molar-refractivity contribution in [1.29, 1.82) is 0 Å². The van der Waals surface area contributed by atoms with E-state index in [-0.39, 0.29) is 24.7 Å². The topological polar surface area (TPSA) is 70.4 Å². The third-order valence-corrected chi connectivity index (χ3v) is 4.20. The molecule has 25 heavy (non-hydrogen) atoms.